The number of amides is 1. The van der Waals surface area contributed by atoms with Gasteiger partial charge in [-0.2, -0.15) is 0 Å². The van der Waals surface area contributed by atoms with Gasteiger partial charge in [0.25, 0.3) is 5.91 Å². The van der Waals surface area contributed by atoms with Crippen molar-refractivity contribution in [2.75, 3.05) is 5.32 Å². The molecule has 1 N–H and O–H groups in total. The van der Waals surface area contributed by atoms with Crippen molar-refractivity contribution in [2.24, 2.45) is 0 Å². The summed E-state index contributed by atoms with van der Waals surface area (Å²) in [5, 5.41) is 6.17. The van der Waals surface area contributed by atoms with Gasteiger partial charge in [0.05, 0.1) is 5.69 Å². The summed E-state index contributed by atoms with van der Waals surface area (Å²) in [4.78, 5) is 11.9. The number of aromatic nitrogens is 1. The van der Waals surface area contributed by atoms with E-state index in [4.69, 9.17) is 4.52 Å². The lowest BCUT2D eigenvalue weighted by atomic mass is 10.2. The molecule has 0 radical (unpaired) electrons. The number of anilines is 1. The Bertz CT molecular complexity index is 637. The largest absolute Gasteiger partial charge is 0.360 e. The zero-order valence-electron chi connectivity index (χ0n) is 9.82. The smallest absolute Gasteiger partial charge is 0.277 e. The van der Waals surface area contributed by atoms with E-state index in [1.54, 1.807) is 12.1 Å². The highest BCUT2D eigenvalue weighted by Gasteiger charge is 2.29. The minimum absolute atomic E-state index is 0.115. The van der Waals surface area contributed by atoms with Gasteiger partial charge in [0, 0.05) is 16.5 Å². The van der Waals surface area contributed by atoms with Gasteiger partial charge in [0.2, 0.25) is 0 Å². The van der Waals surface area contributed by atoms with Crippen LogP contribution in [-0.2, 0) is 0 Å². The standard InChI is InChI=1S/C13H10BrFN2O2/c14-8-3-4-10(9(15)5-8)16-13(18)11-6-12(19-17-11)7-1-2-7/h3-7H,1-2H2,(H,16,18). The molecule has 3 rings (SSSR count). The monoisotopic (exact) mass is 324 g/mol. The Hall–Kier alpha value is -1.69. The van der Waals surface area contributed by atoms with Gasteiger partial charge >= 0.3 is 0 Å². The van der Waals surface area contributed by atoms with Gasteiger partial charge in [-0.3, -0.25) is 4.79 Å². The first-order valence-corrected chi connectivity index (χ1v) is 6.66. The number of benzene rings is 1. The van der Waals surface area contributed by atoms with Gasteiger partial charge in [-0.1, -0.05) is 21.1 Å². The molecular formula is C13H10BrFN2O2. The van der Waals surface area contributed by atoms with Crippen LogP contribution in [0.25, 0.3) is 0 Å². The number of nitrogens with one attached hydrogen (secondary N) is 1. The first-order chi connectivity index (χ1) is 9.13. The predicted molar refractivity (Wildman–Crippen MR) is 70.5 cm³/mol. The molecule has 0 aliphatic heterocycles. The van der Waals surface area contributed by atoms with Crippen LogP contribution in [0, 0.1) is 5.82 Å². The van der Waals surface area contributed by atoms with Crippen LogP contribution >= 0.6 is 15.9 Å². The average Bonchev–Trinajstić information content (AvgIpc) is 3.10. The molecule has 0 spiro atoms. The lowest BCUT2D eigenvalue weighted by Crippen LogP contribution is -2.13. The molecular weight excluding hydrogens is 315 g/mol. The van der Waals surface area contributed by atoms with Crippen LogP contribution in [0.2, 0.25) is 0 Å². The Morgan fingerprint density at radius 1 is 1.42 bits per heavy atom. The summed E-state index contributed by atoms with van der Waals surface area (Å²) >= 11 is 3.15. The Kier molecular flexibility index (Phi) is 3.10. The maximum atomic E-state index is 13.6. The van der Waals surface area contributed by atoms with Gasteiger partial charge in [-0.25, -0.2) is 4.39 Å². The van der Waals surface area contributed by atoms with E-state index < -0.39 is 11.7 Å². The van der Waals surface area contributed by atoms with Crippen LogP contribution < -0.4 is 5.32 Å². The fraction of sp³-hybridized carbons (Fsp3) is 0.231. The first-order valence-electron chi connectivity index (χ1n) is 5.86. The van der Waals surface area contributed by atoms with E-state index in [0.717, 1.165) is 18.6 Å². The van der Waals surface area contributed by atoms with Gasteiger partial charge < -0.3 is 9.84 Å². The summed E-state index contributed by atoms with van der Waals surface area (Å²) in [6, 6.07) is 6.04. The number of halogens is 2. The molecule has 6 heteroatoms. The molecule has 19 heavy (non-hydrogen) atoms. The number of carbonyl (C=O) groups is 1. The zero-order chi connectivity index (χ0) is 13.4. The lowest BCUT2D eigenvalue weighted by molar-refractivity contribution is 0.101. The zero-order valence-corrected chi connectivity index (χ0v) is 11.4. The molecule has 1 aromatic heterocycles. The number of hydrogen-bond acceptors (Lipinski definition) is 3. The molecule has 0 saturated heterocycles. The summed E-state index contributed by atoms with van der Waals surface area (Å²) < 4.78 is 19.3. The Balaban J connectivity index is 1.76. The molecule has 0 bridgehead atoms. The molecule has 1 fully saturated rings. The minimum Gasteiger partial charge on any atom is -0.360 e. The van der Waals surface area contributed by atoms with Crippen molar-refractivity contribution in [3.8, 4) is 0 Å². The van der Waals surface area contributed by atoms with E-state index >= 15 is 0 Å². The van der Waals surface area contributed by atoms with Crippen LogP contribution in [0.5, 0.6) is 0 Å². The maximum Gasteiger partial charge on any atom is 0.277 e. The van der Waals surface area contributed by atoms with Crippen LogP contribution in [0.3, 0.4) is 0 Å². The fourth-order valence-corrected chi connectivity index (χ4v) is 2.07. The second-order valence-corrected chi connectivity index (χ2v) is 5.38. The van der Waals surface area contributed by atoms with Crippen LogP contribution in [-0.4, -0.2) is 11.1 Å². The van der Waals surface area contributed by atoms with E-state index in [0.29, 0.717) is 10.4 Å². The quantitative estimate of drug-likeness (QED) is 0.936. The number of carbonyl (C=O) groups excluding carboxylic acids is 1. The average molecular weight is 325 g/mol. The highest BCUT2D eigenvalue weighted by atomic mass is 79.9. The van der Waals surface area contributed by atoms with Crippen molar-refractivity contribution >= 4 is 27.5 Å². The van der Waals surface area contributed by atoms with E-state index in [2.05, 4.69) is 26.4 Å². The minimum atomic E-state index is -0.506. The molecule has 1 aliphatic rings. The van der Waals surface area contributed by atoms with Crippen molar-refractivity contribution in [2.45, 2.75) is 18.8 Å². The second-order valence-electron chi connectivity index (χ2n) is 4.47. The van der Waals surface area contributed by atoms with Crippen molar-refractivity contribution < 1.29 is 13.7 Å². The molecule has 2 aromatic rings. The Morgan fingerprint density at radius 2 is 2.21 bits per heavy atom. The summed E-state index contributed by atoms with van der Waals surface area (Å²) in [5.74, 6) is 0.130. The molecule has 1 aliphatic carbocycles. The van der Waals surface area contributed by atoms with E-state index in [1.165, 1.54) is 12.1 Å². The van der Waals surface area contributed by atoms with Crippen LogP contribution in [0.1, 0.15) is 35.0 Å². The molecule has 1 saturated carbocycles. The van der Waals surface area contributed by atoms with Crippen molar-refractivity contribution in [1.82, 2.24) is 5.16 Å². The molecule has 4 nitrogen and oxygen atoms in total. The van der Waals surface area contributed by atoms with Crippen molar-refractivity contribution in [3.05, 3.63) is 46.0 Å². The third-order valence-electron chi connectivity index (χ3n) is 2.92. The van der Waals surface area contributed by atoms with Crippen LogP contribution in [0.15, 0.2) is 33.3 Å². The highest BCUT2D eigenvalue weighted by molar-refractivity contribution is 9.10. The third-order valence-corrected chi connectivity index (χ3v) is 3.41. The first kappa shape index (κ1) is 12.3. The van der Waals surface area contributed by atoms with Crippen molar-refractivity contribution in [3.63, 3.8) is 0 Å². The van der Waals surface area contributed by atoms with Gasteiger partial charge in [0.1, 0.15) is 11.6 Å². The number of rotatable bonds is 3. The van der Waals surface area contributed by atoms with Crippen LogP contribution in [0.4, 0.5) is 10.1 Å². The molecule has 98 valence electrons. The Labute approximate surface area is 117 Å². The summed E-state index contributed by atoms with van der Waals surface area (Å²) in [6.07, 6.45) is 2.13. The molecule has 0 atom stereocenters. The normalized spacial score (nSPS) is 14.4. The van der Waals surface area contributed by atoms with E-state index in [-0.39, 0.29) is 11.4 Å². The second kappa shape index (κ2) is 4.77. The predicted octanol–water partition coefficient (Wildman–Crippen LogP) is 3.71. The Morgan fingerprint density at radius 3 is 2.89 bits per heavy atom. The van der Waals surface area contributed by atoms with E-state index in [9.17, 15) is 9.18 Å². The van der Waals surface area contributed by atoms with E-state index in [1.807, 2.05) is 0 Å². The van der Waals surface area contributed by atoms with Gasteiger partial charge in [-0.05, 0) is 31.0 Å². The van der Waals surface area contributed by atoms with Gasteiger partial charge in [0.15, 0.2) is 5.69 Å². The van der Waals surface area contributed by atoms with Gasteiger partial charge in [-0.15, -0.1) is 0 Å². The number of hydrogen-bond donors (Lipinski definition) is 1. The molecule has 0 unspecified atom stereocenters. The summed E-state index contributed by atoms with van der Waals surface area (Å²) in [7, 11) is 0. The molecule has 1 amide bonds. The van der Waals surface area contributed by atoms with Crippen molar-refractivity contribution in [1.29, 1.82) is 0 Å². The lowest BCUT2D eigenvalue weighted by Gasteiger charge is -2.04. The fourth-order valence-electron chi connectivity index (χ4n) is 1.73. The number of nitrogens with zero attached hydrogens (tertiary/aromatic N) is 1. The summed E-state index contributed by atoms with van der Waals surface area (Å²) in [6.45, 7) is 0. The molecule has 1 heterocycles. The molecule has 1 aromatic carbocycles. The maximum absolute atomic E-state index is 13.6. The highest BCUT2D eigenvalue weighted by Crippen LogP contribution is 2.40. The topological polar surface area (TPSA) is 55.1 Å². The SMILES string of the molecule is O=C(Nc1ccc(Br)cc1F)c1cc(C2CC2)on1. The third kappa shape index (κ3) is 2.68. The summed E-state index contributed by atoms with van der Waals surface area (Å²) in [5.41, 5.74) is 0.286.